The minimum Gasteiger partial charge on any atom is -0.126 e. The molecule has 0 saturated heterocycles. The van der Waals surface area contributed by atoms with Gasteiger partial charge in [-0.05, 0) is 24.8 Å². The molecule has 0 aliphatic heterocycles. The lowest BCUT2D eigenvalue weighted by atomic mass is 10.1. The molecule has 1 aromatic carbocycles. The van der Waals surface area contributed by atoms with Crippen LogP contribution < -0.4 is 0 Å². The zero-order valence-corrected chi connectivity index (χ0v) is 9.71. The lowest BCUT2D eigenvalue weighted by Crippen LogP contribution is -1.82. The molecule has 0 amide bonds. The zero-order chi connectivity index (χ0) is 10.9. The molecule has 0 aromatic heterocycles. The van der Waals surface area contributed by atoms with Gasteiger partial charge in [0.25, 0.3) is 0 Å². The van der Waals surface area contributed by atoms with Gasteiger partial charge in [-0.15, -0.1) is 11.6 Å². The molecule has 0 heterocycles. The van der Waals surface area contributed by atoms with Crippen molar-refractivity contribution in [3.05, 3.63) is 54.1 Å². The van der Waals surface area contributed by atoms with Crippen LogP contribution in [0.25, 0.3) is 6.08 Å². The highest BCUT2D eigenvalue weighted by molar-refractivity contribution is 6.17. The molecule has 0 saturated carbocycles. The normalized spacial score (nSPS) is 10.7. The van der Waals surface area contributed by atoms with E-state index >= 15 is 0 Å². The molecule has 0 nitrogen and oxygen atoms in total. The summed E-state index contributed by atoms with van der Waals surface area (Å²) in [6.07, 6.45) is 7.35. The Kier molecular flexibility index (Phi) is 5.87. The van der Waals surface area contributed by atoms with Crippen LogP contribution in [0.5, 0.6) is 0 Å². The minimum absolute atomic E-state index is 0.682. The third kappa shape index (κ3) is 5.44. The first-order chi connectivity index (χ1) is 7.33. The summed E-state index contributed by atoms with van der Waals surface area (Å²) >= 11 is 5.63. The van der Waals surface area contributed by atoms with Gasteiger partial charge >= 0.3 is 0 Å². The molecule has 80 valence electrons. The number of allylic oxidation sites excluding steroid dienone is 2. The van der Waals surface area contributed by atoms with Gasteiger partial charge in [0.05, 0.1) is 0 Å². The van der Waals surface area contributed by atoms with E-state index in [1.807, 2.05) is 18.2 Å². The highest BCUT2D eigenvalue weighted by Gasteiger charge is 1.91. The molecule has 0 unspecified atom stereocenters. The van der Waals surface area contributed by atoms with Gasteiger partial charge in [-0.2, -0.15) is 0 Å². The molecule has 0 fully saturated rings. The predicted molar refractivity (Wildman–Crippen MR) is 69.2 cm³/mol. The van der Waals surface area contributed by atoms with E-state index in [9.17, 15) is 0 Å². The molecular weight excluding hydrogens is 204 g/mol. The van der Waals surface area contributed by atoms with E-state index in [0.29, 0.717) is 5.88 Å². The molecule has 0 aliphatic carbocycles. The molecule has 1 heteroatoms. The highest BCUT2D eigenvalue weighted by atomic mass is 35.5. The molecule has 0 spiro atoms. The van der Waals surface area contributed by atoms with E-state index in [-0.39, 0.29) is 0 Å². The second-order valence-electron chi connectivity index (χ2n) is 3.54. The highest BCUT2D eigenvalue weighted by Crippen LogP contribution is 2.10. The Morgan fingerprint density at radius 3 is 2.60 bits per heavy atom. The number of rotatable bonds is 6. The van der Waals surface area contributed by atoms with Gasteiger partial charge < -0.3 is 0 Å². The monoisotopic (exact) mass is 220 g/mol. The molecule has 0 N–H and O–H groups in total. The maximum absolute atomic E-state index is 5.63. The molecule has 0 aliphatic rings. The largest absolute Gasteiger partial charge is 0.126 e. The Labute approximate surface area is 97.3 Å². The van der Waals surface area contributed by atoms with E-state index in [4.69, 9.17) is 11.6 Å². The van der Waals surface area contributed by atoms with E-state index in [2.05, 4.69) is 30.9 Å². The number of benzene rings is 1. The van der Waals surface area contributed by atoms with Crippen molar-refractivity contribution < 1.29 is 0 Å². The van der Waals surface area contributed by atoms with E-state index in [1.54, 1.807) is 0 Å². The van der Waals surface area contributed by atoms with Crippen molar-refractivity contribution in [3.8, 4) is 0 Å². The third-order valence-electron chi connectivity index (χ3n) is 2.22. The van der Waals surface area contributed by atoms with Crippen LogP contribution >= 0.6 is 11.6 Å². The summed E-state index contributed by atoms with van der Waals surface area (Å²) < 4.78 is 0. The van der Waals surface area contributed by atoms with Crippen LogP contribution in [0.3, 0.4) is 0 Å². The molecule has 15 heavy (non-hydrogen) atoms. The fourth-order valence-electron chi connectivity index (χ4n) is 1.33. The second-order valence-corrected chi connectivity index (χ2v) is 3.92. The molecule has 0 bridgehead atoms. The van der Waals surface area contributed by atoms with Crippen molar-refractivity contribution in [2.45, 2.75) is 19.3 Å². The maximum Gasteiger partial charge on any atom is 0.0260 e. The van der Waals surface area contributed by atoms with Crippen LogP contribution in [-0.2, 0) is 0 Å². The van der Waals surface area contributed by atoms with Crippen molar-refractivity contribution in [2.75, 3.05) is 5.88 Å². The summed E-state index contributed by atoms with van der Waals surface area (Å²) in [6.45, 7) is 3.97. The van der Waals surface area contributed by atoms with Gasteiger partial charge in [-0.3, -0.25) is 0 Å². The quantitative estimate of drug-likeness (QED) is 0.483. The molecular formula is C14H17Cl. The fraction of sp³-hybridized carbons (Fsp3) is 0.286. The second kappa shape index (κ2) is 7.30. The van der Waals surface area contributed by atoms with Gasteiger partial charge in [-0.25, -0.2) is 0 Å². The van der Waals surface area contributed by atoms with Crippen molar-refractivity contribution in [1.82, 2.24) is 0 Å². The van der Waals surface area contributed by atoms with Crippen LogP contribution in [-0.4, -0.2) is 5.88 Å². The van der Waals surface area contributed by atoms with Crippen LogP contribution in [0, 0.1) is 0 Å². The first-order valence-corrected chi connectivity index (χ1v) is 5.80. The van der Waals surface area contributed by atoms with Gasteiger partial charge in [0, 0.05) is 5.88 Å². The van der Waals surface area contributed by atoms with E-state index in [1.165, 1.54) is 11.1 Å². The Balaban J connectivity index is 2.26. The summed E-state index contributed by atoms with van der Waals surface area (Å²) in [7, 11) is 0. The molecule has 1 rings (SSSR count). The zero-order valence-electron chi connectivity index (χ0n) is 8.95. The first kappa shape index (κ1) is 12.1. The van der Waals surface area contributed by atoms with Gasteiger partial charge in [0.2, 0.25) is 0 Å². The average Bonchev–Trinajstić information content (AvgIpc) is 2.26. The van der Waals surface area contributed by atoms with E-state index < -0.39 is 0 Å². The number of alkyl halides is 1. The SMILES string of the molecule is C=C(CCCl)CC/C=C/c1ccccc1. The van der Waals surface area contributed by atoms with Crippen LogP contribution in [0.4, 0.5) is 0 Å². The lowest BCUT2D eigenvalue weighted by Gasteiger charge is -1.99. The summed E-state index contributed by atoms with van der Waals surface area (Å²) in [5, 5.41) is 0. The van der Waals surface area contributed by atoms with Gasteiger partial charge in [0.1, 0.15) is 0 Å². The van der Waals surface area contributed by atoms with E-state index in [0.717, 1.165) is 19.3 Å². The maximum atomic E-state index is 5.63. The standard InChI is InChI=1S/C14H17Cl/c1-13(11-12-15)7-5-6-10-14-8-3-2-4-9-14/h2-4,6,8-10H,1,5,7,11-12H2/b10-6+. The summed E-state index contributed by atoms with van der Waals surface area (Å²) in [4.78, 5) is 0. The minimum atomic E-state index is 0.682. The fourth-order valence-corrected chi connectivity index (χ4v) is 1.60. The first-order valence-electron chi connectivity index (χ1n) is 5.27. The molecule has 0 atom stereocenters. The third-order valence-corrected chi connectivity index (χ3v) is 2.41. The number of halogens is 1. The summed E-state index contributed by atoms with van der Waals surface area (Å²) in [6, 6.07) is 10.3. The number of hydrogen-bond donors (Lipinski definition) is 0. The Hall–Kier alpha value is -1.01. The smallest absolute Gasteiger partial charge is 0.0260 e. The van der Waals surface area contributed by atoms with Gasteiger partial charge in [-0.1, -0.05) is 54.6 Å². The van der Waals surface area contributed by atoms with Crippen molar-refractivity contribution in [3.63, 3.8) is 0 Å². The molecule has 1 aromatic rings. The summed E-state index contributed by atoms with van der Waals surface area (Å²) in [5.74, 6) is 0.682. The Morgan fingerprint density at radius 1 is 1.20 bits per heavy atom. The average molecular weight is 221 g/mol. The Bertz CT molecular complexity index is 311. The number of hydrogen-bond acceptors (Lipinski definition) is 0. The van der Waals surface area contributed by atoms with Crippen molar-refractivity contribution in [2.24, 2.45) is 0 Å². The van der Waals surface area contributed by atoms with Crippen molar-refractivity contribution in [1.29, 1.82) is 0 Å². The van der Waals surface area contributed by atoms with Crippen molar-refractivity contribution >= 4 is 17.7 Å². The Morgan fingerprint density at radius 2 is 1.93 bits per heavy atom. The lowest BCUT2D eigenvalue weighted by molar-refractivity contribution is 0.920. The van der Waals surface area contributed by atoms with Gasteiger partial charge in [0.15, 0.2) is 0 Å². The topological polar surface area (TPSA) is 0 Å². The van der Waals surface area contributed by atoms with Crippen LogP contribution in [0.1, 0.15) is 24.8 Å². The molecule has 0 radical (unpaired) electrons. The van der Waals surface area contributed by atoms with Crippen LogP contribution in [0.2, 0.25) is 0 Å². The summed E-state index contributed by atoms with van der Waals surface area (Å²) in [5.41, 5.74) is 2.49. The van der Waals surface area contributed by atoms with Crippen LogP contribution in [0.15, 0.2) is 48.6 Å². The predicted octanol–water partition coefficient (Wildman–Crippen LogP) is 4.67.